The lowest BCUT2D eigenvalue weighted by Crippen LogP contribution is -2.37. The summed E-state index contributed by atoms with van der Waals surface area (Å²) in [6.07, 6.45) is 3.43. The second kappa shape index (κ2) is 7.40. The number of para-hydroxylation sites is 1. The van der Waals surface area contributed by atoms with E-state index >= 15 is 0 Å². The van der Waals surface area contributed by atoms with Crippen molar-refractivity contribution in [3.8, 4) is 0 Å². The van der Waals surface area contributed by atoms with Crippen LogP contribution in [0.4, 0.5) is 5.69 Å². The maximum Gasteiger partial charge on any atom is 0.251 e. The van der Waals surface area contributed by atoms with Gasteiger partial charge in [-0.1, -0.05) is 18.2 Å². The highest BCUT2D eigenvalue weighted by atomic mass is 32.1. The van der Waals surface area contributed by atoms with E-state index in [0.29, 0.717) is 17.3 Å². The van der Waals surface area contributed by atoms with E-state index in [1.807, 2.05) is 30.3 Å². The standard InChI is InChI=1S/C18H18N4O2S/c1-21-17(24)15(11-16(23)20-14-5-3-2-4-6-14)22(18(21)25)12-13-7-9-19-10-8-13/h2-10,15H,11-12H2,1H3,(H,20,23). The van der Waals surface area contributed by atoms with Crippen LogP contribution in [0.1, 0.15) is 12.0 Å². The summed E-state index contributed by atoms with van der Waals surface area (Å²) < 4.78 is 0. The predicted octanol–water partition coefficient (Wildman–Crippen LogP) is 2.04. The Bertz CT molecular complexity index is 782. The fourth-order valence-corrected chi connectivity index (χ4v) is 3.03. The summed E-state index contributed by atoms with van der Waals surface area (Å²) in [4.78, 5) is 32.1. The number of hydrogen-bond donors (Lipinski definition) is 1. The minimum absolute atomic E-state index is 0.0449. The first-order valence-corrected chi connectivity index (χ1v) is 8.29. The van der Waals surface area contributed by atoms with Gasteiger partial charge in [0.2, 0.25) is 5.91 Å². The highest BCUT2D eigenvalue weighted by Crippen LogP contribution is 2.22. The molecular weight excluding hydrogens is 336 g/mol. The highest BCUT2D eigenvalue weighted by molar-refractivity contribution is 7.80. The molecule has 2 amide bonds. The van der Waals surface area contributed by atoms with Crippen molar-refractivity contribution >= 4 is 34.8 Å². The third-order valence-electron chi connectivity index (χ3n) is 4.06. The van der Waals surface area contributed by atoms with E-state index in [0.717, 1.165) is 5.56 Å². The number of carbonyl (C=O) groups excluding carboxylic acids is 2. The largest absolute Gasteiger partial charge is 0.332 e. The molecule has 0 aliphatic carbocycles. The zero-order chi connectivity index (χ0) is 17.8. The van der Waals surface area contributed by atoms with Gasteiger partial charge in [-0.2, -0.15) is 0 Å². The maximum absolute atomic E-state index is 12.5. The quantitative estimate of drug-likeness (QED) is 0.833. The Morgan fingerprint density at radius 3 is 2.56 bits per heavy atom. The summed E-state index contributed by atoms with van der Waals surface area (Å²) >= 11 is 5.38. The van der Waals surface area contributed by atoms with Crippen molar-refractivity contribution in [2.75, 3.05) is 12.4 Å². The lowest BCUT2D eigenvalue weighted by molar-refractivity contribution is -0.130. The van der Waals surface area contributed by atoms with Crippen molar-refractivity contribution in [2.45, 2.75) is 19.0 Å². The van der Waals surface area contributed by atoms with Crippen molar-refractivity contribution in [2.24, 2.45) is 0 Å². The van der Waals surface area contributed by atoms with Gasteiger partial charge in [-0.05, 0) is 42.0 Å². The van der Waals surface area contributed by atoms with Gasteiger partial charge in [-0.3, -0.25) is 19.5 Å². The number of amides is 2. The number of carbonyl (C=O) groups is 2. The molecule has 1 atom stereocenters. The SMILES string of the molecule is CN1C(=O)C(CC(=O)Nc2ccccc2)N(Cc2ccncc2)C1=S. The van der Waals surface area contributed by atoms with Crippen molar-refractivity contribution in [3.05, 3.63) is 60.4 Å². The molecule has 1 unspecified atom stereocenters. The second-order valence-electron chi connectivity index (χ2n) is 5.80. The van der Waals surface area contributed by atoms with Gasteiger partial charge < -0.3 is 10.2 Å². The van der Waals surface area contributed by atoms with Crippen LogP contribution in [0.15, 0.2) is 54.9 Å². The lowest BCUT2D eigenvalue weighted by atomic mass is 10.1. The van der Waals surface area contributed by atoms with Crippen LogP contribution in [0.25, 0.3) is 0 Å². The summed E-state index contributed by atoms with van der Waals surface area (Å²) in [5.74, 6) is -0.385. The van der Waals surface area contributed by atoms with Crippen LogP contribution in [0.2, 0.25) is 0 Å². The molecule has 0 spiro atoms. The van der Waals surface area contributed by atoms with Gasteiger partial charge in [-0.15, -0.1) is 0 Å². The first-order valence-electron chi connectivity index (χ1n) is 7.88. The van der Waals surface area contributed by atoms with Gasteiger partial charge in [0.05, 0.1) is 6.42 Å². The monoisotopic (exact) mass is 354 g/mol. The smallest absolute Gasteiger partial charge is 0.251 e. The van der Waals surface area contributed by atoms with Gasteiger partial charge in [0.1, 0.15) is 6.04 Å². The molecule has 1 aliphatic rings. The highest BCUT2D eigenvalue weighted by Gasteiger charge is 2.41. The van der Waals surface area contributed by atoms with Crippen LogP contribution in [0.5, 0.6) is 0 Å². The number of hydrogen-bond acceptors (Lipinski definition) is 4. The van der Waals surface area contributed by atoms with Crippen molar-refractivity contribution in [3.63, 3.8) is 0 Å². The molecule has 6 nitrogen and oxygen atoms in total. The number of rotatable bonds is 5. The number of nitrogens with zero attached hydrogens (tertiary/aromatic N) is 3. The summed E-state index contributed by atoms with van der Waals surface area (Å²) in [5, 5.41) is 3.24. The zero-order valence-electron chi connectivity index (χ0n) is 13.8. The Balaban J connectivity index is 1.73. The van der Waals surface area contributed by atoms with E-state index in [1.165, 1.54) is 4.90 Å². The van der Waals surface area contributed by atoms with E-state index in [9.17, 15) is 9.59 Å². The zero-order valence-corrected chi connectivity index (χ0v) is 14.6. The van der Waals surface area contributed by atoms with Crippen LogP contribution < -0.4 is 5.32 Å². The average molecular weight is 354 g/mol. The Labute approximate surface area is 151 Å². The number of thiocarbonyl (C=S) groups is 1. The summed E-state index contributed by atoms with van der Waals surface area (Å²) in [6, 6.07) is 12.3. The van der Waals surface area contributed by atoms with E-state index in [4.69, 9.17) is 12.2 Å². The normalized spacial score (nSPS) is 17.1. The molecule has 2 heterocycles. The number of pyridine rings is 1. The molecule has 1 N–H and O–H groups in total. The first-order chi connectivity index (χ1) is 12.1. The first kappa shape index (κ1) is 17.0. The Hall–Kier alpha value is -2.80. The minimum atomic E-state index is -0.602. The molecule has 3 rings (SSSR count). The molecule has 1 aromatic heterocycles. The molecule has 1 aliphatic heterocycles. The van der Waals surface area contributed by atoms with Crippen LogP contribution in [-0.4, -0.2) is 44.8 Å². The molecule has 0 radical (unpaired) electrons. The molecule has 1 saturated heterocycles. The van der Waals surface area contributed by atoms with Crippen molar-refractivity contribution in [1.82, 2.24) is 14.8 Å². The van der Waals surface area contributed by atoms with Crippen LogP contribution in [-0.2, 0) is 16.1 Å². The van der Waals surface area contributed by atoms with E-state index in [1.54, 1.807) is 36.5 Å². The number of benzene rings is 1. The van der Waals surface area contributed by atoms with Gasteiger partial charge in [-0.25, -0.2) is 0 Å². The molecule has 2 aromatic rings. The third-order valence-corrected chi connectivity index (χ3v) is 4.57. The van der Waals surface area contributed by atoms with Gasteiger partial charge >= 0.3 is 0 Å². The van der Waals surface area contributed by atoms with Gasteiger partial charge in [0.25, 0.3) is 5.91 Å². The molecule has 1 fully saturated rings. The predicted molar refractivity (Wildman–Crippen MR) is 98.6 cm³/mol. The summed E-state index contributed by atoms with van der Waals surface area (Å²) in [7, 11) is 1.64. The number of likely N-dealkylation sites (N-methyl/N-ethyl adjacent to an activating group) is 1. The van der Waals surface area contributed by atoms with Gasteiger partial charge in [0, 0.05) is 31.7 Å². The van der Waals surface area contributed by atoms with Gasteiger partial charge in [0.15, 0.2) is 5.11 Å². The second-order valence-corrected chi connectivity index (χ2v) is 6.16. The molecule has 25 heavy (non-hydrogen) atoms. The number of aromatic nitrogens is 1. The van der Waals surface area contributed by atoms with E-state index < -0.39 is 6.04 Å². The minimum Gasteiger partial charge on any atom is -0.332 e. The Kier molecular flexibility index (Phi) is 5.04. The van der Waals surface area contributed by atoms with E-state index in [2.05, 4.69) is 10.3 Å². The maximum atomic E-state index is 12.5. The van der Waals surface area contributed by atoms with Crippen molar-refractivity contribution < 1.29 is 9.59 Å². The lowest BCUT2D eigenvalue weighted by Gasteiger charge is -2.23. The molecule has 7 heteroatoms. The fraction of sp³-hybridized carbons (Fsp3) is 0.222. The number of anilines is 1. The topological polar surface area (TPSA) is 65.5 Å². The molecule has 128 valence electrons. The molecule has 0 bridgehead atoms. The van der Waals surface area contributed by atoms with Crippen LogP contribution in [0, 0.1) is 0 Å². The van der Waals surface area contributed by atoms with E-state index in [-0.39, 0.29) is 18.2 Å². The van der Waals surface area contributed by atoms with Crippen molar-refractivity contribution in [1.29, 1.82) is 0 Å². The molecule has 1 aromatic carbocycles. The fourth-order valence-electron chi connectivity index (χ4n) is 2.75. The molecule has 0 saturated carbocycles. The summed E-state index contributed by atoms with van der Waals surface area (Å²) in [5.41, 5.74) is 1.68. The summed E-state index contributed by atoms with van der Waals surface area (Å²) in [6.45, 7) is 0.459. The van der Waals surface area contributed by atoms with Crippen LogP contribution >= 0.6 is 12.2 Å². The van der Waals surface area contributed by atoms with Crippen LogP contribution in [0.3, 0.4) is 0 Å². The molecular formula is C18H18N4O2S. The number of nitrogens with one attached hydrogen (secondary N) is 1. The third kappa shape index (κ3) is 3.83. The Morgan fingerprint density at radius 1 is 1.20 bits per heavy atom. The average Bonchev–Trinajstić information content (AvgIpc) is 2.82. The Morgan fingerprint density at radius 2 is 1.88 bits per heavy atom.